The summed E-state index contributed by atoms with van der Waals surface area (Å²) in [5.41, 5.74) is 4.36. The first-order chi connectivity index (χ1) is 9.72. The third-order valence-electron chi connectivity index (χ3n) is 4.89. The minimum atomic E-state index is 0.866. The van der Waals surface area contributed by atoms with E-state index in [0.29, 0.717) is 0 Å². The van der Waals surface area contributed by atoms with Gasteiger partial charge in [-0.15, -0.1) is 0 Å². The lowest BCUT2D eigenvalue weighted by Gasteiger charge is -2.30. The Morgan fingerprint density at radius 2 is 1.85 bits per heavy atom. The number of nitrogens with one attached hydrogen (secondary N) is 1. The molecule has 20 heavy (non-hydrogen) atoms. The highest BCUT2D eigenvalue weighted by Crippen LogP contribution is 2.31. The number of hydrogen-bond donors (Lipinski definition) is 1. The molecular weight excluding hydrogens is 244 g/mol. The molecule has 1 N–H and O–H groups in total. The van der Waals surface area contributed by atoms with Crippen LogP contribution in [-0.4, -0.2) is 30.6 Å². The maximum Gasteiger partial charge on any atom is 0.0239 e. The zero-order valence-corrected chi connectivity index (χ0v) is 13.0. The number of hydrogen-bond acceptors (Lipinski definition) is 2. The predicted molar refractivity (Wildman–Crippen MR) is 84.9 cm³/mol. The number of aryl methyl sites for hydroxylation is 2. The molecule has 2 nitrogen and oxygen atoms in total. The van der Waals surface area contributed by atoms with Crippen LogP contribution in [0.1, 0.15) is 42.4 Å². The van der Waals surface area contributed by atoms with Gasteiger partial charge in [0.2, 0.25) is 0 Å². The van der Waals surface area contributed by atoms with E-state index in [0.717, 1.165) is 18.5 Å². The Morgan fingerprint density at radius 3 is 2.50 bits per heavy atom. The second kappa shape index (κ2) is 6.28. The van der Waals surface area contributed by atoms with Crippen LogP contribution in [0.3, 0.4) is 0 Å². The van der Waals surface area contributed by atoms with E-state index in [1.165, 1.54) is 62.0 Å². The van der Waals surface area contributed by atoms with Crippen molar-refractivity contribution in [2.24, 2.45) is 5.92 Å². The van der Waals surface area contributed by atoms with Gasteiger partial charge in [-0.3, -0.25) is 4.90 Å². The van der Waals surface area contributed by atoms with E-state index in [2.05, 4.69) is 42.3 Å². The lowest BCUT2D eigenvalue weighted by molar-refractivity contribution is 0.190. The Morgan fingerprint density at radius 1 is 1.10 bits per heavy atom. The van der Waals surface area contributed by atoms with Crippen molar-refractivity contribution < 1.29 is 0 Å². The molecule has 2 fully saturated rings. The lowest BCUT2D eigenvalue weighted by Crippen LogP contribution is -2.37. The molecular formula is C18H28N2. The van der Waals surface area contributed by atoms with Crippen LogP contribution in [0.4, 0.5) is 0 Å². The van der Waals surface area contributed by atoms with Gasteiger partial charge >= 0.3 is 0 Å². The zero-order chi connectivity index (χ0) is 13.9. The quantitative estimate of drug-likeness (QED) is 0.885. The summed E-state index contributed by atoms with van der Waals surface area (Å²) in [6, 6.07) is 7.79. The standard InChI is InChI=1S/C18H28N2/c1-14-3-4-17(15(2)11-14)13-20(18-5-6-18)12-16-7-9-19-10-8-16/h3-4,11,16,18-19H,5-10,12-13H2,1-2H3. The van der Waals surface area contributed by atoms with Crippen LogP contribution in [0.2, 0.25) is 0 Å². The first-order valence-corrected chi connectivity index (χ1v) is 8.23. The maximum atomic E-state index is 3.48. The minimum Gasteiger partial charge on any atom is -0.317 e. The molecule has 0 atom stereocenters. The molecule has 1 saturated carbocycles. The largest absolute Gasteiger partial charge is 0.317 e. The molecule has 1 heterocycles. The van der Waals surface area contributed by atoms with Crippen molar-refractivity contribution in [3.8, 4) is 0 Å². The van der Waals surface area contributed by atoms with Crippen molar-refractivity contribution in [1.29, 1.82) is 0 Å². The van der Waals surface area contributed by atoms with Gasteiger partial charge in [0.1, 0.15) is 0 Å². The first kappa shape index (κ1) is 14.1. The van der Waals surface area contributed by atoms with Crippen molar-refractivity contribution >= 4 is 0 Å². The molecule has 0 bridgehead atoms. The first-order valence-electron chi connectivity index (χ1n) is 8.23. The van der Waals surface area contributed by atoms with Gasteiger partial charge < -0.3 is 5.32 Å². The molecule has 110 valence electrons. The molecule has 1 saturated heterocycles. The molecule has 0 radical (unpaired) electrons. The Bertz CT molecular complexity index is 445. The number of rotatable bonds is 5. The molecule has 1 aliphatic carbocycles. The van der Waals surface area contributed by atoms with Crippen LogP contribution in [0.15, 0.2) is 18.2 Å². The smallest absolute Gasteiger partial charge is 0.0239 e. The van der Waals surface area contributed by atoms with Crippen molar-refractivity contribution in [3.63, 3.8) is 0 Å². The number of benzene rings is 1. The molecule has 2 aliphatic rings. The summed E-state index contributed by atoms with van der Waals surface area (Å²) in [6.45, 7) is 9.34. The van der Waals surface area contributed by atoms with Crippen LogP contribution in [0.5, 0.6) is 0 Å². The van der Waals surface area contributed by atoms with Crippen LogP contribution in [-0.2, 0) is 6.54 Å². The minimum absolute atomic E-state index is 0.866. The molecule has 0 unspecified atom stereocenters. The molecule has 1 aromatic carbocycles. The Balaban J connectivity index is 1.64. The van der Waals surface area contributed by atoms with E-state index < -0.39 is 0 Å². The molecule has 2 heteroatoms. The molecule has 3 rings (SSSR count). The topological polar surface area (TPSA) is 15.3 Å². The van der Waals surface area contributed by atoms with Gasteiger partial charge in [0, 0.05) is 19.1 Å². The normalized spacial score (nSPS) is 20.6. The van der Waals surface area contributed by atoms with Gasteiger partial charge in [-0.2, -0.15) is 0 Å². The lowest BCUT2D eigenvalue weighted by atomic mass is 9.97. The van der Waals surface area contributed by atoms with E-state index in [4.69, 9.17) is 0 Å². The average molecular weight is 272 g/mol. The van der Waals surface area contributed by atoms with Gasteiger partial charge in [0.05, 0.1) is 0 Å². The third-order valence-corrected chi connectivity index (χ3v) is 4.89. The Hall–Kier alpha value is -0.860. The van der Waals surface area contributed by atoms with Crippen molar-refractivity contribution in [2.45, 2.75) is 52.1 Å². The summed E-state index contributed by atoms with van der Waals surface area (Å²) in [7, 11) is 0. The SMILES string of the molecule is Cc1ccc(CN(CC2CCNCC2)C2CC2)c(C)c1. The predicted octanol–water partition coefficient (Wildman–Crippen LogP) is 3.27. The van der Waals surface area contributed by atoms with Crippen LogP contribution in [0.25, 0.3) is 0 Å². The summed E-state index contributed by atoms with van der Waals surface area (Å²) in [5, 5.41) is 3.48. The van der Waals surface area contributed by atoms with Gasteiger partial charge in [0.15, 0.2) is 0 Å². The van der Waals surface area contributed by atoms with E-state index >= 15 is 0 Å². The molecule has 0 aromatic heterocycles. The zero-order valence-electron chi connectivity index (χ0n) is 13.0. The summed E-state index contributed by atoms with van der Waals surface area (Å²) < 4.78 is 0. The average Bonchev–Trinajstić information content (AvgIpc) is 3.26. The highest BCUT2D eigenvalue weighted by molar-refractivity contribution is 5.30. The molecule has 0 amide bonds. The van der Waals surface area contributed by atoms with E-state index in [1.54, 1.807) is 0 Å². The van der Waals surface area contributed by atoms with Crippen LogP contribution >= 0.6 is 0 Å². The highest BCUT2D eigenvalue weighted by atomic mass is 15.2. The van der Waals surface area contributed by atoms with E-state index in [9.17, 15) is 0 Å². The number of nitrogens with zero attached hydrogens (tertiary/aromatic N) is 1. The van der Waals surface area contributed by atoms with E-state index in [-0.39, 0.29) is 0 Å². The summed E-state index contributed by atoms with van der Waals surface area (Å²) in [6.07, 6.45) is 5.54. The third kappa shape index (κ3) is 3.62. The van der Waals surface area contributed by atoms with Gasteiger partial charge in [0.25, 0.3) is 0 Å². The van der Waals surface area contributed by atoms with Crippen molar-refractivity contribution in [1.82, 2.24) is 10.2 Å². The van der Waals surface area contributed by atoms with Crippen LogP contribution < -0.4 is 5.32 Å². The highest BCUT2D eigenvalue weighted by Gasteiger charge is 2.31. The Kier molecular flexibility index (Phi) is 4.42. The fraction of sp³-hybridized carbons (Fsp3) is 0.667. The number of piperidine rings is 1. The van der Waals surface area contributed by atoms with Gasteiger partial charge in [-0.1, -0.05) is 23.8 Å². The summed E-state index contributed by atoms with van der Waals surface area (Å²) in [5.74, 6) is 0.905. The van der Waals surface area contributed by atoms with Gasteiger partial charge in [-0.25, -0.2) is 0 Å². The monoisotopic (exact) mass is 272 g/mol. The fourth-order valence-electron chi connectivity index (χ4n) is 3.42. The van der Waals surface area contributed by atoms with Crippen LogP contribution in [0, 0.1) is 19.8 Å². The second-order valence-corrected chi connectivity index (χ2v) is 6.78. The summed E-state index contributed by atoms with van der Waals surface area (Å²) >= 11 is 0. The molecule has 1 aliphatic heterocycles. The summed E-state index contributed by atoms with van der Waals surface area (Å²) in [4.78, 5) is 2.76. The molecule has 0 spiro atoms. The molecule has 1 aromatic rings. The van der Waals surface area contributed by atoms with E-state index in [1.807, 2.05) is 0 Å². The maximum absolute atomic E-state index is 3.48. The Labute approximate surface area is 123 Å². The van der Waals surface area contributed by atoms with Gasteiger partial charge in [-0.05, 0) is 69.7 Å². The van der Waals surface area contributed by atoms with Crippen molar-refractivity contribution in [3.05, 3.63) is 34.9 Å². The van der Waals surface area contributed by atoms with Crippen molar-refractivity contribution in [2.75, 3.05) is 19.6 Å². The fourth-order valence-corrected chi connectivity index (χ4v) is 3.42. The second-order valence-electron chi connectivity index (χ2n) is 6.78.